The van der Waals surface area contributed by atoms with E-state index in [1.165, 1.54) is 37.0 Å². The van der Waals surface area contributed by atoms with Crippen LogP contribution >= 0.6 is 57.5 Å². The van der Waals surface area contributed by atoms with Crippen molar-refractivity contribution in [3.05, 3.63) is 77.3 Å². The highest BCUT2D eigenvalue weighted by atomic mass is 32.2. The smallest absolute Gasteiger partial charge is 0.291 e. The van der Waals surface area contributed by atoms with Crippen molar-refractivity contribution < 1.29 is 9.59 Å². The molecule has 2 saturated heterocycles. The second kappa shape index (κ2) is 11.6. The zero-order chi connectivity index (χ0) is 35.2. The molecular formula is C34H24N8O2S5. The van der Waals surface area contributed by atoms with Crippen LogP contribution in [-0.4, -0.2) is 44.8 Å². The average Bonchev–Trinajstić information content (AvgIpc) is 3.90. The normalized spacial score (nSPS) is 22.4. The highest BCUT2D eigenvalue weighted by Crippen LogP contribution is 2.68. The van der Waals surface area contributed by atoms with Crippen molar-refractivity contribution in [2.75, 3.05) is 13.1 Å². The molecule has 2 amide bonds. The van der Waals surface area contributed by atoms with Crippen LogP contribution in [0.3, 0.4) is 0 Å². The van der Waals surface area contributed by atoms with Gasteiger partial charge in [-0.05, 0) is 48.3 Å². The number of hydrogen-bond acceptors (Lipinski definition) is 11. The maximum atomic E-state index is 13.2. The molecule has 0 bridgehead atoms. The number of rotatable bonds is 4. The van der Waals surface area contributed by atoms with Crippen LogP contribution < -0.4 is 0 Å². The van der Waals surface area contributed by atoms with Crippen LogP contribution in [0.4, 0.5) is 10.0 Å². The molecule has 0 saturated carbocycles. The van der Waals surface area contributed by atoms with Crippen LogP contribution in [-0.2, 0) is 20.4 Å². The van der Waals surface area contributed by atoms with E-state index in [-0.39, 0.29) is 44.1 Å². The van der Waals surface area contributed by atoms with Crippen LogP contribution in [0, 0.1) is 35.8 Å². The Balaban J connectivity index is 1.26. The van der Waals surface area contributed by atoms with Gasteiger partial charge in [-0.3, -0.25) is 9.59 Å². The van der Waals surface area contributed by atoms with E-state index in [0.717, 1.165) is 37.8 Å². The van der Waals surface area contributed by atoms with Gasteiger partial charge in [0.25, 0.3) is 23.2 Å². The number of nitrogens with zero attached hydrogens (tertiary/aromatic N) is 8. The van der Waals surface area contributed by atoms with Crippen molar-refractivity contribution in [1.82, 2.24) is 9.80 Å². The van der Waals surface area contributed by atoms with Crippen molar-refractivity contribution >= 4 is 110 Å². The van der Waals surface area contributed by atoms with Gasteiger partial charge in [0.15, 0.2) is 10.1 Å². The summed E-state index contributed by atoms with van der Waals surface area (Å²) >= 11 is 6.99. The topological polar surface area (TPSA) is 122 Å². The largest absolute Gasteiger partial charge is 0.309 e. The van der Waals surface area contributed by atoms with E-state index in [1.54, 1.807) is 47.9 Å². The molecule has 7 rings (SSSR count). The van der Waals surface area contributed by atoms with Gasteiger partial charge in [-0.2, -0.15) is 0 Å². The monoisotopic (exact) mass is 736 g/mol. The van der Waals surface area contributed by atoms with E-state index < -0.39 is 0 Å². The molecule has 0 aromatic carbocycles. The van der Waals surface area contributed by atoms with E-state index in [9.17, 15) is 20.1 Å². The fourth-order valence-corrected chi connectivity index (χ4v) is 13.4. The molecule has 2 aliphatic carbocycles. The minimum Gasteiger partial charge on any atom is -0.309 e. The molecule has 4 aliphatic rings. The zero-order valence-electron chi connectivity index (χ0n) is 27.0. The summed E-state index contributed by atoms with van der Waals surface area (Å²) in [5, 5.41) is 21.4. The third-order valence-corrected chi connectivity index (χ3v) is 14.5. The fourth-order valence-electron chi connectivity index (χ4n) is 6.74. The van der Waals surface area contributed by atoms with Crippen LogP contribution in [0.25, 0.3) is 30.2 Å². The Labute approximate surface area is 303 Å². The first-order chi connectivity index (χ1) is 23.4. The van der Waals surface area contributed by atoms with Gasteiger partial charge >= 0.3 is 0 Å². The molecular weight excluding hydrogens is 713 g/mol. The Bertz CT molecular complexity index is 2390. The molecule has 5 heterocycles. The first-order valence-electron chi connectivity index (χ1n) is 15.0. The summed E-state index contributed by atoms with van der Waals surface area (Å²) in [7, 11) is 0. The van der Waals surface area contributed by atoms with Crippen LogP contribution in [0.1, 0.15) is 62.4 Å². The molecule has 0 spiro atoms. The van der Waals surface area contributed by atoms with Gasteiger partial charge in [0.1, 0.15) is 20.1 Å². The fraction of sp³-hybridized carbons (Fsp3) is 0.294. The van der Waals surface area contributed by atoms with Gasteiger partial charge in [0, 0.05) is 38.4 Å². The number of carbonyl (C=O) groups excluding carboxylic acids is 2. The molecule has 0 unspecified atom stereocenters. The minimum atomic E-state index is -0.343. The first kappa shape index (κ1) is 33.0. The molecule has 49 heavy (non-hydrogen) atoms. The molecule has 242 valence electrons. The third kappa shape index (κ3) is 4.61. The Kier molecular flexibility index (Phi) is 7.79. The summed E-state index contributed by atoms with van der Waals surface area (Å²) in [5.74, 6) is -0.615. The predicted octanol–water partition coefficient (Wildman–Crippen LogP) is 8.99. The summed E-state index contributed by atoms with van der Waals surface area (Å²) in [4.78, 5) is 47.8. The van der Waals surface area contributed by atoms with Gasteiger partial charge in [0.2, 0.25) is 0 Å². The molecule has 10 nitrogen and oxygen atoms in total. The summed E-state index contributed by atoms with van der Waals surface area (Å²) in [6, 6.07) is 7.89. The molecule has 3 aromatic heterocycles. The van der Waals surface area contributed by atoms with Gasteiger partial charge < -0.3 is 9.80 Å². The maximum absolute atomic E-state index is 13.2. The third-order valence-electron chi connectivity index (χ3n) is 8.95. The van der Waals surface area contributed by atoms with Crippen LogP contribution in [0.2, 0.25) is 0 Å². The number of amides is 2. The summed E-state index contributed by atoms with van der Waals surface area (Å²) in [6.07, 6.45) is 0. The van der Waals surface area contributed by atoms with Crippen molar-refractivity contribution in [2.24, 2.45) is 9.98 Å². The molecule has 0 radical (unpaired) electrons. The lowest BCUT2D eigenvalue weighted by Gasteiger charge is -2.24. The molecule has 0 N–H and O–H groups in total. The van der Waals surface area contributed by atoms with Gasteiger partial charge in [-0.1, -0.05) is 51.2 Å². The lowest BCUT2D eigenvalue weighted by Crippen LogP contribution is -2.26. The lowest BCUT2D eigenvalue weighted by atomic mass is 9.81. The van der Waals surface area contributed by atoms with E-state index in [1.807, 2.05) is 18.2 Å². The number of thiophene rings is 3. The van der Waals surface area contributed by atoms with E-state index >= 15 is 0 Å². The van der Waals surface area contributed by atoms with Crippen molar-refractivity contribution in [2.45, 2.75) is 52.4 Å². The highest BCUT2D eigenvalue weighted by molar-refractivity contribution is 8.20. The number of carbonyl (C=O) groups is 2. The molecule has 2 aliphatic heterocycles. The summed E-state index contributed by atoms with van der Waals surface area (Å²) < 4.78 is 2.23. The molecule has 3 aromatic rings. The quantitative estimate of drug-likeness (QED) is 0.195. The number of nitriles is 2. The van der Waals surface area contributed by atoms with Gasteiger partial charge in [0.05, 0.1) is 30.0 Å². The van der Waals surface area contributed by atoms with E-state index in [0.29, 0.717) is 33.1 Å². The minimum absolute atomic E-state index is 0.116. The molecule has 15 heteroatoms. The Morgan fingerprint density at radius 2 is 1.31 bits per heavy atom. The van der Waals surface area contributed by atoms with E-state index in [4.69, 9.17) is 23.1 Å². The van der Waals surface area contributed by atoms with Gasteiger partial charge in [-0.15, -0.1) is 34.0 Å². The predicted molar refractivity (Wildman–Crippen MR) is 200 cm³/mol. The van der Waals surface area contributed by atoms with Crippen molar-refractivity contribution in [3.8, 4) is 12.1 Å². The Morgan fingerprint density at radius 1 is 0.796 bits per heavy atom. The average molecular weight is 737 g/mol. The first-order valence-corrected chi connectivity index (χ1v) is 19.1. The molecule has 2 fully saturated rings. The summed E-state index contributed by atoms with van der Waals surface area (Å²) in [5.41, 5.74) is 4.08. The second-order valence-corrected chi connectivity index (χ2v) is 17.4. The standard InChI is InChI=1S/C34H24N8O2S5/c1-9-41-29(43)27(48-31(41)16(13-35)37-7)39-19-11-15-24(46-19)21-22(33(15,3)4)26-23(34(21,5)6)25-18(45-26)12-20(47-25)40-28-30(44)42(10-2)32(49-28)17(14-36)38-8/h11-12H,9-10H2,1-6H3/b31-16+,32-17-,39-27?,40-28?. The highest BCUT2D eigenvalue weighted by Gasteiger charge is 2.53. The summed E-state index contributed by atoms with van der Waals surface area (Å²) in [6.45, 7) is 27.9. The Morgan fingerprint density at radius 3 is 1.80 bits per heavy atom. The maximum Gasteiger partial charge on any atom is 0.291 e. The number of aliphatic imine (C=N–C) groups is 2. The van der Waals surface area contributed by atoms with Crippen molar-refractivity contribution in [1.29, 1.82) is 10.5 Å². The van der Waals surface area contributed by atoms with Crippen LogP contribution in [0.5, 0.6) is 0 Å². The number of fused-ring (bicyclic) bond motifs is 6. The van der Waals surface area contributed by atoms with Crippen LogP contribution in [0.15, 0.2) is 43.6 Å². The second-order valence-electron chi connectivity index (χ2n) is 12.3. The lowest BCUT2D eigenvalue weighted by molar-refractivity contribution is -0.121. The Hall–Kier alpha value is -4.48. The van der Waals surface area contributed by atoms with Crippen molar-refractivity contribution in [3.63, 3.8) is 0 Å². The molecule has 0 atom stereocenters. The SMILES string of the molecule is [C-]#[N+]/C(C#N)=C1\SC(=Nc2cc3sc4c(c3s2)C(C)(C)C2=C4C(C)(C)c3cc(N=C4S/C(=C(\C#N)[N+]#[C-])N(CC)C4=O)sc32)C(=O)N1CC. The van der Waals surface area contributed by atoms with Gasteiger partial charge in [-0.25, -0.2) is 30.2 Å². The number of allylic oxidation sites excluding steroid dienone is 4. The zero-order valence-corrected chi connectivity index (χ0v) is 31.1. The number of hydrogen-bond donors (Lipinski definition) is 0. The number of thioether (sulfide) groups is 2. The van der Waals surface area contributed by atoms with E-state index in [2.05, 4.69) is 43.5 Å².